The normalized spacial score (nSPS) is 14.2. The summed E-state index contributed by atoms with van der Waals surface area (Å²) >= 11 is 3.29. The van der Waals surface area contributed by atoms with Crippen molar-refractivity contribution in [3.05, 3.63) is 58.3 Å². The Kier molecular flexibility index (Phi) is 4.43. The molecule has 0 radical (unpaired) electrons. The Bertz CT molecular complexity index is 699. The third-order valence-corrected chi connectivity index (χ3v) is 4.46. The van der Waals surface area contributed by atoms with Crippen LogP contribution in [0.15, 0.2) is 46.9 Å². The maximum atomic E-state index is 13.4. The smallest absolute Gasteiger partial charge is 0.256 e. The van der Waals surface area contributed by atoms with E-state index in [0.717, 1.165) is 37.3 Å². The summed E-state index contributed by atoms with van der Waals surface area (Å²) in [4.78, 5) is 14.7. The number of amides is 1. The van der Waals surface area contributed by atoms with Crippen molar-refractivity contribution >= 4 is 33.2 Å². The van der Waals surface area contributed by atoms with Gasteiger partial charge in [0.2, 0.25) is 0 Å². The first-order chi connectivity index (χ1) is 10.6. The van der Waals surface area contributed by atoms with Gasteiger partial charge in [-0.25, -0.2) is 4.39 Å². The van der Waals surface area contributed by atoms with Crippen LogP contribution in [-0.2, 0) is 0 Å². The fraction of sp³-hybridized carbons (Fsp3) is 0.235. The topological polar surface area (TPSA) is 32.3 Å². The number of anilines is 2. The monoisotopic (exact) mass is 362 g/mol. The first-order valence-electron chi connectivity index (χ1n) is 7.25. The lowest BCUT2D eigenvalue weighted by Crippen LogP contribution is -2.21. The van der Waals surface area contributed by atoms with Crippen LogP contribution in [0.2, 0.25) is 0 Å². The van der Waals surface area contributed by atoms with Gasteiger partial charge in [0.15, 0.2) is 0 Å². The standard InChI is InChI=1S/C17H16BrFN2O/c18-14-8-7-12(19)11-13(14)17(22)20-15-5-1-2-6-16(15)21-9-3-4-10-21/h1-2,5-8,11H,3-4,9-10H2,(H,20,22). The molecule has 1 amide bonds. The van der Waals surface area contributed by atoms with E-state index in [-0.39, 0.29) is 11.5 Å². The highest BCUT2D eigenvalue weighted by atomic mass is 79.9. The van der Waals surface area contributed by atoms with Crippen LogP contribution in [0.25, 0.3) is 0 Å². The predicted octanol–water partition coefficient (Wildman–Crippen LogP) is 4.44. The number of para-hydroxylation sites is 2. The summed E-state index contributed by atoms with van der Waals surface area (Å²) in [5.74, 6) is -0.751. The largest absolute Gasteiger partial charge is 0.370 e. The Morgan fingerprint density at radius 1 is 1.14 bits per heavy atom. The molecule has 1 aliphatic rings. The summed E-state index contributed by atoms with van der Waals surface area (Å²) in [7, 11) is 0. The number of hydrogen-bond donors (Lipinski definition) is 1. The fourth-order valence-electron chi connectivity index (χ4n) is 2.67. The van der Waals surface area contributed by atoms with E-state index >= 15 is 0 Å². The zero-order valence-corrected chi connectivity index (χ0v) is 13.6. The molecule has 22 heavy (non-hydrogen) atoms. The Balaban J connectivity index is 1.86. The third kappa shape index (κ3) is 3.14. The quantitative estimate of drug-likeness (QED) is 0.875. The molecule has 5 heteroatoms. The van der Waals surface area contributed by atoms with Gasteiger partial charge in [-0.15, -0.1) is 0 Å². The molecule has 2 aromatic carbocycles. The maximum absolute atomic E-state index is 13.4. The van der Waals surface area contributed by atoms with Gasteiger partial charge in [0, 0.05) is 17.6 Å². The molecule has 1 N–H and O–H groups in total. The van der Waals surface area contributed by atoms with Crippen molar-refractivity contribution in [2.24, 2.45) is 0 Å². The van der Waals surface area contributed by atoms with Crippen molar-refractivity contribution in [2.45, 2.75) is 12.8 Å². The molecule has 2 aromatic rings. The Morgan fingerprint density at radius 2 is 1.86 bits per heavy atom. The predicted molar refractivity (Wildman–Crippen MR) is 89.9 cm³/mol. The van der Waals surface area contributed by atoms with Crippen molar-refractivity contribution in [2.75, 3.05) is 23.3 Å². The minimum atomic E-state index is -0.429. The molecule has 0 saturated carbocycles. The zero-order chi connectivity index (χ0) is 15.5. The molecule has 3 rings (SSSR count). The second-order valence-corrected chi connectivity index (χ2v) is 6.14. The molecule has 1 heterocycles. The number of nitrogens with one attached hydrogen (secondary N) is 1. The minimum Gasteiger partial charge on any atom is -0.370 e. The van der Waals surface area contributed by atoms with E-state index in [1.54, 1.807) is 0 Å². The molecular weight excluding hydrogens is 347 g/mol. The summed E-state index contributed by atoms with van der Waals surface area (Å²) in [6.45, 7) is 1.99. The van der Waals surface area contributed by atoms with E-state index in [4.69, 9.17) is 0 Å². The Labute approximate surface area is 137 Å². The van der Waals surface area contributed by atoms with E-state index in [1.165, 1.54) is 18.2 Å². The Morgan fingerprint density at radius 3 is 2.64 bits per heavy atom. The van der Waals surface area contributed by atoms with Crippen LogP contribution >= 0.6 is 15.9 Å². The van der Waals surface area contributed by atoms with Crippen LogP contribution in [0.4, 0.5) is 15.8 Å². The summed E-state index contributed by atoms with van der Waals surface area (Å²) in [6, 6.07) is 11.8. The van der Waals surface area contributed by atoms with Crippen molar-refractivity contribution in [3.63, 3.8) is 0 Å². The highest BCUT2D eigenvalue weighted by Gasteiger charge is 2.18. The van der Waals surface area contributed by atoms with Crippen molar-refractivity contribution in [1.82, 2.24) is 0 Å². The highest BCUT2D eigenvalue weighted by molar-refractivity contribution is 9.10. The van der Waals surface area contributed by atoms with Gasteiger partial charge in [-0.2, -0.15) is 0 Å². The molecule has 0 bridgehead atoms. The average molecular weight is 363 g/mol. The van der Waals surface area contributed by atoms with E-state index in [0.29, 0.717) is 4.47 Å². The van der Waals surface area contributed by atoms with Crippen LogP contribution in [0.5, 0.6) is 0 Å². The summed E-state index contributed by atoms with van der Waals surface area (Å²) in [5.41, 5.74) is 2.06. The lowest BCUT2D eigenvalue weighted by atomic mass is 10.2. The number of nitrogens with zero attached hydrogens (tertiary/aromatic N) is 1. The first-order valence-corrected chi connectivity index (χ1v) is 8.05. The molecule has 1 aliphatic heterocycles. The van der Waals surface area contributed by atoms with E-state index in [9.17, 15) is 9.18 Å². The second kappa shape index (κ2) is 6.48. The van der Waals surface area contributed by atoms with Gasteiger partial charge in [-0.05, 0) is 59.1 Å². The lowest BCUT2D eigenvalue weighted by molar-refractivity contribution is 0.102. The van der Waals surface area contributed by atoms with E-state index < -0.39 is 5.82 Å². The molecule has 1 saturated heterocycles. The molecule has 0 unspecified atom stereocenters. The maximum Gasteiger partial charge on any atom is 0.256 e. The summed E-state index contributed by atoms with van der Waals surface area (Å²) in [5, 5.41) is 2.89. The SMILES string of the molecule is O=C(Nc1ccccc1N1CCCC1)c1cc(F)ccc1Br. The van der Waals surface area contributed by atoms with Crippen LogP contribution in [0, 0.1) is 5.82 Å². The van der Waals surface area contributed by atoms with Gasteiger partial charge in [-0.1, -0.05) is 12.1 Å². The van der Waals surface area contributed by atoms with Gasteiger partial charge in [-0.3, -0.25) is 4.79 Å². The van der Waals surface area contributed by atoms with E-state index in [2.05, 4.69) is 26.1 Å². The molecule has 0 spiro atoms. The molecule has 0 aromatic heterocycles. The fourth-order valence-corrected chi connectivity index (χ4v) is 3.10. The third-order valence-electron chi connectivity index (χ3n) is 3.77. The van der Waals surface area contributed by atoms with E-state index in [1.807, 2.05) is 24.3 Å². The van der Waals surface area contributed by atoms with Crippen LogP contribution < -0.4 is 10.2 Å². The molecular formula is C17H16BrFN2O. The van der Waals surface area contributed by atoms with Gasteiger partial charge < -0.3 is 10.2 Å². The number of carbonyl (C=O) groups excluding carboxylic acids is 1. The van der Waals surface area contributed by atoms with Crippen LogP contribution in [0.1, 0.15) is 23.2 Å². The average Bonchev–Trinajstić information content (AvgIpc) is 3.04. The van der Waals surface area contributed by atoms with Crippen LogP contribution in [-0.4, -0.2) is 19.0 Å². The molecule has 0 atom stereocenters. The number of halogens is 2. The zero-order valence-electron chi connectivity index (χ0n) is 12.0. The first kappa shape index (κ1) is 15.0. The van der Waals surface area contributed by atoms with Gasteiger partial charge in [0.25, 0.3) is 5.91 Å². The molecule has 1 fully saturated rings. The number of rotatable bonds is 3. The van der Waals surface area contributed by atoms with Crippen molar-refractivity contribution in [1.29, 1.82) is 0 Å². The number of hydrogen-bond acceptors (Lipinski definition) is 2. The molecule has 3 nitrogen and oxygen atoms in total. The van der Waals surface area contributed by atoms with Crippen molar-refractivity contribution < 1.29 is 9.18 Å². The molecule has 114 valence electrons. The van der Waals surface area contributed by atoms with Gasteiger partial charge in [0.1, 0.15) is 5.82 Å². The summed E-state index contributed by atoms with van der Waals surface area (Å²) < 4.78 is 13.9. The van der Waals surface area contributed by atoms with Crippen molar-refractivity contribution in [3.8, 4) is 0 Å². The van der Waals surface area contributed by atoms with Crippen LogP contribution in [0.3, 0.4) is 0 Å². The van der Waals surface area contributed by atoms with Gasteiger partial charge >= 0.3 is 0 Å². The second-order valence-electron chi connectivity index (χ2n) is 5.29. The minimum absolute atomic E-state index is 0.288. The highest BCUT2D eigenvalue weighted by Crippen LogP contribution is 2.29. The van der Waals surface area contributed by atoms with Gasteiger partial charge in [0.05, 0.1) is 16.9 Å². The number of benzene rings is 2. The Hall–Kier alpha value is -1.88. The number of carbonyl (C=O) groups is 1. The molecule has 0 aliphatic carbocycles. The summed E-state index contributed by atoms with van der Waals surface area (Å²) in [6.07, 6.45) is 2.33. The lowest BCUT2D eigenvalue weighted by Gasteiger charge is -2.21.